The van der Waals surface area contributed by atoms with E-state index in [1.165, 1.54) is 11.3 Å². The molecular weight excluding hydrogens is 372 g/mol. The van der Waals surface area contributed by atoms with Gasteiger partial charge in [-0.2, -0.15) is 0 Å². The van der Waals surface area contributed by atoms with Crippen LogP contribution in [-0.4, -0.2) is 20.6 Å². The van der Waals surface area contributed by atoms with Gasteiger partial charge in [-0.3, -0.25) is 14.2 Å². The number of nitrogens with zero attached hydrogens (tertiary/aromatic N) is 2. The zero-order chi connectivity index (χ0) is 19.5. The van der Waals surface area contributed by atoms with E-state index in [9.17, 15) is 9.59 Å². The molecule has 0 radical (unpaired) electrons. The van der Waals surface area contributed by atoms with Crippen molar-refractivity contribution in [3.8, 4) is 21.8 Å². The van der Waals surface area contributed by atoms with Crippen LogP contribution < -0.4 is 5.56 Å². The molecule has 2 heterocycles. The van der Waals surface area contributed by atoms with E-state index in [1.807, 2.05) is 66.7 Å². The number of hydrogen-bond donors (Lipinski definition) is 1. The first-order valence-corrected chi connectivity index (χ1v) is 9.82. The minimum atomic E-state index is -0.870. The monoisotopic (exact) mass is 390 g/mol. The van der Waals surface area contributed by atoms with Crippen LogP contribution in [0.1, 0.15) is 12.8 Å². The lowest BCUT2D eigenvalue weighted by molar-refractivity contribution is -0.137. The topological polar surface area (TPSA) is 72.2 Å². The third-order valence-corrected chi connectivity index (χ3v) is 5.59. The molecule has 2 aromatic heterocycles. The van der Waals surface area contributed by atoms with Gasteiger partial charge < -0.3 is 5.11 Å². The molecule has 0 amide bonds. The molecule has 0 aliphatic rings. The molecule has 4 aromatic rings. The first kappa shape index (κ1) is 18.1. The maximum Gasteiger partial charge on any atom is 0.303 e. The predicted octanol–water partition coefficient (Wildman–Crippen LogP) is 4.66. The summed E-state index contributed by atoms with van der Waals surface area (Å²) >= 11 is 1.49. The van der Waals surface area contributed by atoms with Gasteiger partial charge in [0.2, 0.25) is 0 Å². The van der Waals surface area contributed by atoms with Gasteiger partial charge in [-0.15, -0.1) is 11.3 Å². The van der Waals surface area contributed by atoms with Crippen LogP contribution in [0.4, 0.5) is 0 Å². The minimum Gasteiger partial charge on any atom is -0.481 e. The summed E-state index contributed by atoms with van der Waals surface area (Å²) in [5, 5.41) is 9.52. The zero-order valence-electron chi connectivity index (χ0n) is 15.0. The molecule has 6 heteroatoms. The van der Waals surface area contributed by atoms with Gasteiger partial charge in [0.05, 0.1) is 5.39 Å². The molecule has 1 N–H and O–H groups in total. The van der Waals surface area contributed by atoms with Crippen LogP contribution in [0.25, 0.3) is 32.0 Å². The minimum absolute atomic E-state index is 0.0115. The highest BCUT2D eigenvalue weighted by atomic mass is 32.1. The lowest BCUT2D eigenvalue weighted by atomic mass is 10.1. The molecule has 2 aromatic carbocycles. The summed E-state index contributed by atoms with van der Waals surface area (Å²) in [5.74, 6) is -0.296. The zero-order valence-corrected chi connectivity index (χ0v) is 15.9. The van der Waals surface area contributed by atoms with Crippen molar-refractivity contribution in [2.45, 2.75) is 19.4 Å². The highest BCUT2D eigenvalue weighted by Crippen LogP contribution is 2.32. The van der Waals surface area contributed by atoms with Gasteiger partial charge in [0.1, 0.15) is 10.7 Å². The van der Waals surface area contributed by atoms with Crippen LogP contribution in [-0.2, 0) is 11.3 Å². The van der Waals surface area contributed by atoms with Crippen LogP contribution in [0.5, 0.6) is 0 Å². The van der Waals surface area contributed by atoms with Crippen LogP contribution in [0.3, 0.4) is 0 Å². The molecular formula is C22H18N2O3S. The SMILES string of the molecule is O=C(O)CCCn1c(-c2ccccc2)nc2sc(-c3ccccc3)cc2c1=O. The van der Waals surface area contributed by atoms with Gasteiger partial charge in [-0.05, 0) is 18.1 Å². The van der Waals surface area contributed by atoms with E-state index in [1.54, 1.807) is 4.57 Å². The molecule has 0 bridgehead atoms. The van der Waals surface area contributed by atoms with E-state index in [0.717, 1.165) is 16.0 Å². The molecule has 0 unspecified atom stereocenters. The maximum absolute atomic E-state index is 13.2. The lowest BCUT2D eigenvalue weighted by Gasteiger charge is -2.12. The second-order valence-corrected chi connectivity index (χ2v) is 7.48. The summed E-state index contributed by atoms with van der Waals surface area (Å²) in [6, 6.07) is 21.3. The number of carboxylic acids is 1. The Balaban J connectivity index is 1.87. The van der Waals surface area contributed by atoms with Crippen molar-refractivity contribution in [1.29, 1.82) is 0 Å². The van der Waals surface area contributed by atoms with E-state index in [-0.39, 0.29) is 12.0 Å². The molecule has 0 fully saturated rings. The fourth-order valence-electron chi connectivity index (χ4n) is 3.16. The van der Waals surface area contributed by atoms with Crippen molar-refractivity contribution in [3.05, 3.63) is 77.1 Å². The smallest absolute Gasteiger partial charge is 0.303 e. The largest absolute Gasteiger partial charge is 0.481 e. The molecule has 0 atom stereocenters. The molecule has 0 saturated heterocycles. The van der Waals surface area contributed by atoms with E-state index in [4.69, 9.17) is 10.1 Å². The average molecular weight is 390 g/mol. The number of carboxylic acid groups (broad SMARTS) is 1. The number of aromatic nitrogens is 2. The van der Waals surface area contributed by atoms with Crippen molar-refractivity contribution < 1.29 is 9.90 Å². The number of hydrogen-bond acceptors (Lipinski definition) is 4. The molecule has 4 rings (SSSR count). The molecule has 28 heavy (non-hydrogen) atoms. The van der Waals surface area contributed by atoms with E-state index < -0.39 is 5.97 Å². The summed E-state index contributed by atoms with van der Waals surface area (Å²) in [6.45, 7) is 0.314. The number of carbonyl (C=O) groups is 1. The summed E-state index contributed by atoms with van der Waals surface area (Å²) in [4.78, 5) is 30.6. The highest BCUT2D eigenvalue weighted by Gasteiger charge is 2.16. The van der Waals surface area contributed by atoms with Gasteiger partial charge in [-0.1, -0.05) is 60.7 Å². The number of aliphatic carboxylic acids is 1. The van der Waals surface area contributed by atoms with Crippen LogP contribution >= 0.6 is 11.3 Å². The Morgan fingerprint density at radius 3 is 2.29 bits per heavy atom. The molecule has 0 spiro atoms. The number of thiophene rings is 1. The predicted molar refractivity (Wildman–Crippen MR) is 112 cm³/mol. The molecule has 0 aliphatic heterocycles. The molecule has 0 saturated carbocycles. The van der Waals surface area contributed by atoms with Gasteiger partial charge in [-0.25, -0.2) is 4.98 Å². The third kappa shape index (κ3) is 3.59. The maximum atomic E-state index is 13.2. The standard InChI is InChI=1S/C22H18N2O3S/c25-19(26)12-7-13-24-20(16-10-5-2-6-11-16)23-21-17(22(24)27)14-18(28-21)15-8-3-1-4-9-15/h1-6,8-11,14H,7,12-13H2,(H,25,26). The Labute approximate surface area is 165 Å². The van der Waals surface area contributed by atoms with Crippen LogP contribution in [0.15, 0.2) is 71.5 Å². The Bertz CT molecular complexity index is 1180. The van der Waals surface area contributed by atoms with Crippen molar-refractivity contribution >= 4 is 27.5 Å². The fraction of sp³-hybridized carbons (Fsp3) is 0.136. The third-order valence-electron chi connectivity index (χ3n) is 4.51. The Hall–Kier alpha value is -3.25. The summed E-state index contributed by atoms with van der Waals surface area (Å²) < 4.78 is 1.60. The Kier molecular flexibility index (Phi) is 5.04. The van der Waals surface area contributed by atoms with Crippen molar-refractivity contribution in [2.75, 3.05) is 0 Å². The Morgan fingerprint density at radius 1 is 1.00 bits per heavy atom. The second-order valence-electron chi connectivity index (χ2n) is 6.45. The number of fused-ring (bicyclic) bond motifs is 1. The lowest BCUT2D eigenvalue weighted by Crippen LogP contribution is -2.23. The van der Waals surface area contributed by atoms with E-state index >= 15 is 0 Å². The molecule has 5 nitrogen and oxygen atoms in total. The summed E-state index contributed by atoms with van der Waals surface area (Å²) in [6.07, 6.45) is 0.384. The highest BCUT2D eigenvalue weighted by molar-refractivity contribution is 7.21. The fourth-order valence-corrected chi connectivity index (χ4v) is 4.19. The summed E-state index contributed by atoms with van der Waals surface area (Å²) in [7, 11) is 0. The van der Waals surface area contributed by atoms with Crippen LogP contribution in [0.2, 0.25) is 0 Å². The average Bonchev–Trinajstić information content (AvgIpc) is 3.15. The second kappa shape index (κ2) is 7.78. The quantitative estimate of drug-likeness (QED) is 0.520. The van der Waals surface area contributed by atoms with Gasteiger partial charge >= 0.3 is 5.97 Å². The van der Waals surface area contributed by atoms with Crippen molar-refractivity contribution in [2.24, 2.45) is 0 Å². The van der Waals surface area contributed by atoms with Crippen molar-refractivity contribution in [3.63, 3.8) is 0 Å². The van der Waals surface area contributed by atoms with Crippen LogP contribution in [0, 0.1) is 0 Å². The normalized spacial score (nSPS) is 11.0. The van der Waals surface area contributed by atoms with E-state index in [0.29, 0.717) is 29.0 Å². The number of benzene rings is 2. The summed E-state index contributed by atoms with van der Waals surface area (Å²) in [5.41, 5.74) is 1.75. The Morgan fingerprint density at radius 2 is 1.64 bits per heavy atom. The van der Waals surface area contributed by atoms with Crippen molar-refractivity contribution in [1.82, 2.24) is 9.55 Å². The van der Waals surface area contributed by atoms with Gasteiger partial charge in [0.25, 0.3) is 5.56 Å². The van der Waals surface area contributed by atoms with Gasteiger partial charge in [0, 0.05) is 23.4 Å². The molecule has 140 valence electrons. The number of rotatable bonds is 6. The first-order valence-electron chi connectivity index (χ1n) is 9.00. The van der Waals surface area contributed by atoms with E-state index in [2.05, 4.69) is 0 Å². The first-order chi connectivity index (χ1) is 13.6. The van der Waals surface area contributed by atoms with Gasteiger partial charge in [0.15, 0.2) is 0 Å². The molecule has 0 aliphatic carbocycles.